The van der Waals surface area contributed by atoms with Crippen LogP contribution in [0.25, 0.3) is 10.8 Å². The average molecular weight is 300 g/mol. The zero-order valence-electron chi connectivity index (χ0n) is 7.12. The van der Waals surface area contributed by atoms with Crippen molar-refractivity contribution in [1.29, 1.82) is 0 Å². The number of rotatable bonds is 0. The van der Waals surface area contributed by atoms with E-state index in [0.717, 1.165) is 0 Å². The lowest BCUT2D eigenvalue weighted by molar-refractivity contribution is 1.74. The van der Waals surface area contributed by atoms with Gasteiger partial charge in [-0.2, -0.15) is 0 Å². The average Bonchev–Trinajstić information content (AvgIpc) is 2.13. The van der Waals surface area contributed by atoms with E-state index < -0.39 is 0 Å². The van der Waals surface area contributed by atoms with Gasteiger partial charge < -0.3 is 0 Å². The standard InChI is InChI=1S/C10H3Cl5/c11-4-1-5-6(12)3-8(14)10(15)9(5)7(13)2-4/h1-3H. The molecule has 0 aliphatic rings. The molecular formula is C10H3Cl5. The quantitative estimate of drug-likeness (QED) is 0.515. The third-order valence-corrected chi connectivity index (χ3v) is 3.61. The Morgan fingerprint density at radius 3 is 2.00 bits per heavy atom. The van der Waals surface area contributed by atoms with Crippen LogP contribution < -0.4 is 0 Å². The molecular weight excluding hydrogens is 297 g/mol. The summed E-state index contributed by atoms with van der Waals surface area (Å²) in [5.41, 5.74) is 0. The third-order valence-electron chi connectivity index (χ3n) is 1.99. The second-order valence-electron chi connectivity index (χ2n) is 2.96. The van der Waals surface area contributed by atoms with Gasteiger partial charge in [0.25, 0.3) is 0 Å². The van der Waals surface area contributed by atoms with E-state index in [2.05, 4.69) is 0 Å². The predicted molar refractivity (Wildman–Crippen MR) is 69.0 cm³/mol. The molecule has 5 heteroatoms. The van der Waals surface area contributed by atoms with Gasteiger partial charge in [-0.15, -0.1) is 0 Å². The van der Waals surface area contributed by atoms with Gasteiger partial charge in [-0.3, -0.25) is 0 Å². The Kier molecular flexibility index (Phi) is 3.25. The number of hydrogen-bond donors (Lipinski definition) is 0. The van der Waals surface area contributed by atoms with E-state index in [1.54, 1.807) is 18.2 Å². The molecule has 0 bridgehead atoms. The first-order valence-electron chi connectivity index (χ1n) is 3.93. The monoisotopic (exact) mass is 298 g/mol. The van der Waals surface area contributed by atoms with Crippen molar-refractivity contribution in [3.8, 4) is 0 Å². The highest BCUT2D eigenvalue weighted by atomic mass is 35.5. The molecule has 0 nitrogen and oxygen atoms in total. The molecule has 0 atom stereocenters. The minimum absolute atomic E-state index is 0.374. The highest BCUT2D eigenvalue weighted by Crippen LogP contribution is 2.40. The molecule has 0 aliphatic heterocycles. The fourth-order valence-electron chi connectivity index (χ4n) is 1.36. The molecule has 0 heterocycles. The zero-order chi connectivity index (χ0) is 11.2. The molecule has 0 saturated carbocycles. The highest BCUT2D eigenvalue weighted by molar-refractivity contribution is 6.51. The van der Waals surface area contributed by atoms with Crippen molar-refractivity contribution < 1.29 is 0 Å². The van der Waals surface area contributed by atoms with Crippen LogP contribution in [0.2, 0.25) is 25.1 Å². The van der Waals surface area contributed by atoms with Gasteiger partial charge in [-0.25, -0.2) is 0 Å². The number of halogens is 5. The van der Waals surface area contributed by atoms with Gasteiger partial charge in [-0.05, 0) is 18.2 Å². The minimum Gasteiger partial charge on any atom is -0.0843 e. The van der Waals surface area contributed by atoms with Crippen LogP contribution in [-0.4, -0.2) is 0 Å². The number of benzene rings is 2. The zero-order valence-corrected chi connectivity index (χ0v) is 10.9. The maximum absolute atomic E-state index is 6.04. The Morgan fingerprint density at radius 1 is 0.667 bits per heavy atom. The summed E-state index contributed by atoms with van der Waals surface area (Å²) in [7, 11) is 0. The Morgan fingerprint density at radius 2 is 1.33 bits per heavy atom. The van der Waals surface area contributed by atoms with Crippen LogP contribution in [0, 0.1) is 0 Å². The largest absolute Gasteiger partial charge is 0.0843 e. The molecule has 0 unspecified atom stereocenters. The van der Waals surface area contributed by atoms with Crippen LogP contribution in [0.4, 0.5) is 0 Å². The second-order valence-corrected chi connectivity index (χ2v) is 5.00. The van der Waals surface area contributed by atoms with Gasteiger partial charge in [0.15, 0.2) is 0 Å². The van der Waals surface area contributed by atoms with E-state index in [9.17, 15) is 0 Å². The minimum atomic E-state index is 0.374. The molecule has 0 spiro atoms. The molecule has 2 aromatic carbocycles. The lowest BCUT2D eigenvalue weighted by Crippen LogP contribution is -1.80. The van der Waals surface area contributed by atoms with E-state index in [1.165, 1.54) is 0 Å². The van der Waals surface area contributed by atoms with Crippen LogP contribution in [-0.2, 0) is 0 Å². The molecule has 2 aromatic rings. The topological polar surface area (TPSA) is 0 Å². The summed E-state index contributed by atoms with van der Waals surface area (Å²) in [5, 5.41) is 3.50. The first kappa shape index (κ1) is 11.6. The molecule has 0 amide bonds. The normalized spacial score (nSPS) is 11.0. The van der Waals surface area contributed by atoms with Gasteiger partial charge in [0.1, 0.15) is 0 Å². The van der Waals surface area contributed by atoms with Crippen molar-refractivity contribution in [3.63, 3.8) is 0 Å². The van der Waals surface area contributed by atoms with Crippen molar-refractivity contribution in [3.05, 3.63) is 43.3 Å². The SMILES string of the molecule is Clc1cc(Cl)c2c(Cl)c(Cl)cc(Cl)c2c1. The Labute approximate surface area is 112 Å². The third kappa shape index (κ3) is 2.02. The molecule has 78 valence electrons. The maximum atomic E-state index is 6.04. The molecule has 0 saturated heterocycles. The maximum Gasteiger partial charge on any atom is 0.0686 e. The van der Waals surface area contributed by atoms with Gasteiger partial charge in [0, 0.05) is 15.8 Å². The van der Waals surface area contributed by atoms with E-state index in [1.807, 2.05) is 0 Å². The molecule has 15 heavy (non-hydrogen) atoms. The Hall–Kier alpha value is 0.150. The van der Waals surface area contributed by atoms with Crippen molar-refractivity contribution in [2.75, 3.05) is 0 Å². The summed E-state index contributed by atoms with van der Waals surface area (Å²) in [5.74, 6) is 0. The smallest absolute Gasteiger partial charge is 0.0686 e. The lowest BCUT2D eigenvalue weighted by Gasteiger charge is -2.07. The van der Waals surface area contributed by atoms with E-state index in [4.69, 9.17) is 58.0 Å². The molecule has 0 aliphatic carbocycles. The molecule has 0 radical (unpaired) electrons. The van der Waals surface area contributed by atoms with Gasteiger partial charge in [0.2, 0.25) is 0 Å². The first-order valence-corrected chi connectivity index (χ1v) is 5.82. The van der Waals surface area contributed by atoms with Gasteiger partial charge in [-0.1, -0.05) is 58.0 Å². The summed E-state index contributed by atoms with van der Waals surface area (Å²) >= 11 is 29.8. The molecule has 0 aromatic heterocycles. The Bertz CT molecular complexity index is 547. The van der Waals surface area contributed by atoms with Crippen molar-refractivity contribution >= 4 is 68.8 Å². The lowest BCUT2D eigenvalue weighted by atomic mass is 10.1. The van der Waals surface area contributed by atoms with E-state index in [-0.39, 0.29) is 0 Å². The van der Waals surface area contributed by atoms with Crippen LogP contribution in [0.15, 0.2) is 18.2 Å². The number of hydrogen-bond acceptors (Lipinski definition) is 0. The Balaban J connectivity index is 3.03. The first-order chi connectivity index (χ1) is 7.00. The summed E-state index contributed by atoms with van der Waals surface area (Å²) in [4.78, 5) is 0. The molecule has 0 N–H and O–H groups in total. The highest BCUT2D eigenvalue weighted by Gasteiger charge is 2.12. The predicted octanol–water partition coefficient (Wildman–Crippen LogP) is 6.11. The van der Waals surface area contributed by atoms with Crippen LogP contribution in [0.3, 0.4) is 0 Å². The summed E-state index contributed by atoms with van der Waals surface area (Å²) in [6.07, 6.45) is 0. The molecule has 0 fully saturated rings. The summed E-state index contributed by atoms with van der Waals surface area (Å²) in [6.45, 7) is 0. The van der Waals surface area contributed by atoms with Crippen molar-refractivity contribution in [1.82, 2.24) is 0 Å². The van der Waals surface area contributed by atoms with E-state index >= 15 is 0 Å². The van der Waals surface area contributed by atoms with Crippen LogP contribution >= 0.6 is 58.0 Å². The fourth-order valence-corrected chi connectivity index (χ4v) is 2.77. The van der Waals surface area contributed by atoms with Crippen LogP contribution in [0.5, 0.6) is 0 Å². The van der Waals surface area contributed by atoms with Gasteiger partial charge in [0.05, 0.1) is 20.1 Å². The number of fused-ring (bicyclic) bond motifs is 1. The summed E-state index contributed by atoms with van der Waals surface area (Å²) in [6, 6.07) is 4.87. The van der Waals surface area contributed by atoms with Gasteiger partial charge >= 0.3 is 0 Å². The molecule has 2 rings (SSSR count). The van der Waals surface area contributed by atoms with E-state index in [0.29, 0.717) is 35.9 Å². The second kappa shape index (κ2) is 4.20. The van der Waals surface area contributed by atoms with Crippen molar-refractivity contribution in [2.45, 2.75) is 0 Å². The fraction of sp³-hybridized carbons (Fsp3) is 0. The summed E-state index contributed by atoms with van der Waals surface area (Å²) < 4.78 is 0. The van der Waals surface area contributed by atoms with Crippen molar-refractivity contribution in [2.24, 2.45) is 0 Å². The van der Waals surface area contributed by atoms with Crippen LogP contribution in [0.1, 0.15) is 0 Å².